The summed E-state index contributed by atoms with van der Waals surface area (Å²) in [4.78, 5) is 29.3. The van der Waals surface area contributed by atoms with E-state index in [0.717, 1.165) is 36.3 Å². The number of carbonyl (C=O) groups excluding carboxylic acids is 2. The second-order valence-electron chi connectivity index (χ2n) is 9.58. The van der Waals surface area contributed by atoms with Gasteiger partial charge in [0.15, 0.2) is 5.78 Å². The molecular formula is C27H32N2O6. The van der Waals surface area contributed by atoms with E-state index in [1.807, 2.05) is 18.2 Å². The molecule has 8 nitrogen and oxygen atoms in total. The molecule has 5 rings (SSSR count). The highest BCUT2D eigenvalue weighted by Gasteiger charge is 2.60. The van der Waals surface area contributed by atoms with Gasteiger partial charge in [0, 0.05) is 35.9 Å². The molecular weight excluding hydrogens is 448 g/mol. The lowest BCUT2D eigenvalue weighted by atomic mass is 9.72. The number of fused-ring (bicyclic) bond motifs is 3. The Morgan fingerprint density at radius 3 is 2.77 bits per heavy atom. The molecule has 1 aromatic carbocycles. The van der Waals surface area contributed by atoms with Gasteiger partial charge in [-0.25, -0.2) is 4.79 Å². The van der Waals surface area contributed by atoms with Crippen molar-refractivity contribution in [3.05, 3.63) is 48.1 Å². The Labute approximate surface area is 205 Å². The third-order valence-electron chi connectivity index (χ3n) is 8.09. The lowest BCUT2D eigenvalue weighted by molar-refractivity contribution is -0.137. The van der Waals surface area contributed by atoms with Gasteiger partial charge in [0.25, 0.3) is 0 Å². The van der Waals surface area contributed by atoms with Gasteiger partial charge in [0.05, 0.1) is 51.3 Å². The minimum absolute atomic E-state index is 0.0474. The number of nitrogens with one attached hydrogen (secondary N) is 1. The molecule has 2 saturated heterocycles. The molecule has 4 heterocycles. The maximum Gasteiger partial charge on any atom is 0.337 e. The predicted octanol–water partition coefficient (Wildman–Crippen LogP) is 4.13. The molecule has 8 heteroatoms. The van der Waals surface area contributed by atoms with Crippen molar-refractivity contribution in [3.63, 3.8) is 0 Å². The van der Waals surface area contributed by atoms with Gasteiger partial charge >= 0.3 is 5.97 Å². The van der Waals surface area contributed by atoms with E-state index in [1.54, 1.807) is 26.7 Å². The molecule has 35 heavy (non-hydrogen) atoms. The van der Waals surface area contributed by atoms with Crippen LogP contribution in [0.15, 0.2) is 47.0 Å². The number of ketones is 1. The number of hydrogen-bond donors (Lipinski definition) is 1. The summed E-state index contributed by atoms with van der Waals surface area (Å²) in [5, 5.41) is 3.61. The SMILES string of the molecule is CC[C@@H]1CN2CCC3(Nc4ccc(-c5ccoc5)c(OC)c4C3=O)C2C[C@@H]1/C(=C\OC)C(=O)OC. The van der Waals surface area contributed by atoms with Crippen LogP contribution in [-0.2, 0) is 14.3 Å². The fraction of sp³-hybridized carbons (Fsp3) is 0.481. The molecule has 0 aliphatic carbocycles. The number of esters is 1. The van der Waals surface area contributed by atoms with Gasteiger partial charge in [-0.05, 0) is 42.9 Å². The Kier molecular flexibility index (Phi) is 6.09. The van der Waals surface area contributed by atoms with Gasteiger partial charge in [-0.1, -0.05) is 13.3 Å². The van der Waals surface area contributed by atoms with Crippen molar-refractivity contribution in [1.29, 1.82) is 0 Å². The molecule has 3 aliphatic rings. The summed E-state index contributed by atoms with van der Waals surface area (Å²) in [6, 6.07) is 5.71. The maximum absolute atomic E-state index is 14.2. The standard InChI is InChI=1S/C27H32N2O6/c1-5-16-13-29-10-9-27(22(29)12-19(16)20(15-32-2)26(31)34-4)25(30)23-21(28-27)7-6-18(24(23)33-3)17-8-11-35-14-17/h6-8,11,14-16,19,22,28H,5,9-10,12-13H2,1-4H3/b20-15+/t16-,19+,22?,27?/m1/s1. The summed E-state index contributed by atoms with van der Waals surface area (Å²) < 4.78 is 21.4. The van der Waals surface area contributed by atoms with E-state index in [2.05, 4.69) is 17.1 Å². The van der Waals surface area contributed by atoms with Crippen LogP contribution < -0.4 is 10.1 Å². The van der Waals surface area contributed by atoms with Crippen LogP contribution in [-0.4, -0.2) is 62.7 Å². The van der Waals surface area contributed by atoms with E-state index in [9.17, 15) is 9.59 Å². The van der Waals surface area contributed by atoms with Gasteiger partial charge in [-0.2, -0.15) is 0 Å². The lowest BCUT2D eigenvalue weighted by Gasteiger charge is -2.45. The highest BCUT2D eigenvalue weighted by Crippen LogP contribution is 2.52. The van der Waals surface area contributed by atoms with E-state index in [1.165, 1.54) is 13.4 Å². The fourth-order valence-corrected chi connectivity index (χ4v) is 6.41. The molecule has 1 aromatic heterocycles. The van der Waals surface area contributed by atoms with Gasteiger partial charge in [0.2, 0.25) is 0 Å². The van der Waals surface area contributed by atoms with Crippen molar-refractivity contribution in [2.24, 2.45) is 11.8 Å². The number of piperidine rings is 1. The quantitative estimate of drug-likeness (QED) is 0.375. The average molecular weight is 481 g/mol. The lowest BCUT2D eigenvalue weighted by Crippen LogP contribution is -2.57. The first-order valence-corrected chi connectivity index (χ1v) is 12.1. The summed E-state index contributed by atoms with van der Waals surface area (Å²) >= 11 is 0. The van der Waals surface area contributed by atoms with E-state index in [4.69, 9.17) is 18.6 Å². The zero-order valence-corrected chi connectivity index (χ0v) is 20.6. The molecule has 0 bridgehead atoms. The Morgan fingerprint density at radius 2 is 2.11 bits per heavy atom. The molecule has 0 saturated carbocycles. The second-order valence-corrected chi connectivity index (χ2v) is 9.58. The van der Waals surface area contributed by atoms with Crippen LogP contribution in [0.1, 0.15) is 36.5 Å². The first-order valence-electron chi connectivity index (χ1n) is 12.1. The summed E-state index contributed by atoms with van der Waals surface area (Å²) in [6.07, 6.45) is 7.04. The number of hydrogen-bond acceptors (Lipinski definition) is 8. The molecule has 2 unspecified atom stereocenters. The van der Waals surface area contributed by atoms with Gasteiger partial charge in [-0.15, -0.1) is 0 Å². The summed E-state index contributed by atoms with van der Waals surface area (Å²) in [5.41, 5.74) is 2.83. The van der Waals surface area contributed by atoms with Crippen LogP contribution >= 0.6 is 0 Å². The van der Waals surface area contributed by atoms with E-state index in [0.29, 0.717) is 29.7 Å². The van der Waals surface area contributed by atoms with Crippen molar-refractivity contribution in [1.82, 2.24) is 4.90 Å². The topological polar surface area (TPSA) is 90.2 Å². The molecule has 1 N–H and O–H groups in total. The van der Waals surface area contributed by atoms with Crippen molar-refractivity contribution >= 4 is 17.4 Å². The number of ether oxygens (including phenoxy) is 3. The second kappa shape index (κ2) is 9.07. The Balaban J connectivity index is 1.53. The number of benzene rings is 1. The number of nitrogens with zero attached hydrogens (tertiary/aromatic N) is 1. The van der Waals surface area contributed by atoms with Gasteiger partial charge in [-0.3, -0.25) is 9.69 Å². The smallest absolute Gasteiger partial charge is 0.337 e. The summed E-state index contributed by atoms with van der Waals surface area (Å²) in [6.45, 7) is 3.77. The van der Waals surface area contributed by atoms with Gasteiger partial charge in [0.1, 0.15) is 11.3 Å². The van der Waals surface area contributed by atoms with Crippen molar-refractivity contribution in [2.75, 3.05) is 39.7 Å². The van der Waals surface area contributed by atoms with Crippen LogP contribution in [0.3, 0.4) is 0 Å². The monoisotopic (exact) mass is 480 g/mol. The number of rotatable bonds is 6. The predicted molar refractivity (Wildman–Crippen MR) is 130 cm³/mol. The Hall–Kier alpha value is -3.26. The molecule has 1 spiro atoms. The van der Waals surface area contributed by atoms with Crippen LogP contribution in [0, 0.1) is 11.8 Å². The highest BCUT2D eigenvalue weighted by atomic mass is 16.5. The average Bonchev–Trinajstić information content (AvgIpc) is 3.60. The summed E-state index contributed by atoms with van der Waals surface area (Å²) in [5.74, 6) is 0.431. The van der Waals surface area contributed by atoms with Crippen LogP contribution in [0.2, 0.25) is 0 Å². The third kappa shape index (κ3) is 3.54. The molecule has 3 aliphatic heterocycles. The zero-order chi connectivity index (χ0) is 24.7. The first-order chi connectivity index (χ1) is 17.0. The minimum Gasteiger partial charge on any atom is -0.504 e. The van der Waals surface area contributed by atoms with Crippen molar-refractivity contribution in [2.45, 2.75) is 37.8 Å². The molecule has 186 valence electrons. The number of carbonyl (C=O) groups is 2. The van der Waals surface area contributed by atoms with E-state index in [-0.39, 0.29) is 29.6 Å². The normalized spacial score (nSPS) is 27.9. The molecule has 0 radical (unpaired) electrons. The van der Waals surface area contributed by atoms with E-state index < -0.39 is 5.54 Å². The first kappa shape index (κ1) is 23.5. The largest absolute Gasteiger partial charge is 0.504 e. The molecule has 0 amide bonds. The minimum atomic E-state index is -0.768. The van der Waals surface area contributed by atoms with Crippen LogP contribution in [0.5, 0.6) is 5.75 Å². The number of methoxy groups -OCH3 is 3. The number of furan rings is 1. The Morgan fingerprint density at radius 1 is 1.29 bits per heavy atom. The zero-order valence-electron chi connectivity index (χ0n) is 20.6. The van der Waals surface area contributed by atoms with Crippen molar-refractivity contribution < 1.29 is 28.2 Å². The molecule has 4 atom stereocenters. The number of anilines is 1. The highest BCUT2D eigenvalue weighted by molar-refractivity contribution is 6.17. The third-order valence-corrected chi connectivity index (χ3v) is 8.09. The fourth-order valence-electron chi connectivity index (χ4n) is 6.41. The summed E-state index contributed by atoms with van der Waals surface area (Å²) in [7, 11) is 4.53. The van der Waals surface area contributed by atoms with Crippen LogP contribution in [0.25, 0.3) is 11.1 Å². The van der Waals surface area contributed by atoms with E-state index >= 15 is 0 Å². The van der Waals surface area contributed by atoms with Crippen molar-refractivity contribution in [3.8, 4) is 16.9 Å². The van der Waals surface area contributed by atoms with Crippen LogP contribution in [0.4, 0.5) is 5.69 Å². The molecule has 2 aromatic rings. The van der Waals surface area contributed by atoms with Gasteiger partial charge < -0.3 is 23.9 Å². The number of Topliss-reactive ketones (excluding diaryl/α,β-unsaturated/α-hetero) is 1. The maximum atomic E-state index is 14.2. The molecule has 2 fully saturated rings. The Bertz CT molecular complexity index is 1160.